The number of ether oxygens (including phenoxy) is 3. The van der Waals surface area contributed by atoms with Crippen molar-refractivity contribution in [2.75, 3.05) is 51.0 Å². The van der Waals surface area contributed by atoms with Gasteiger partial charge < -0.3 is 24.4 Å². The summed E-state index contributed by atoms with van der Waals surface area (Å²) in [7, 11) is 0. The Morgan fingerprint density at radius 3 is 2.60 bits per heavy atom. The quantitative estimate of drug-likeness (QED) is 0.349. The van der Waals surface area contributed by atoms with Gasteiger partial charge in [0.25, 0.3) is 6.43 Å². The van der Waals surface area contributed by atoms with Crippen molar-refractivity contribution < 1.29 is 27.8 Å². The van der Waals surface area contributed by atoms with Crippen molar-refractivity contribution >= 4 is 22.9 Å². The standard InChI is InChI=1S/C30H38F2N6O4/c31-27(32)28-34-23-5-1-2-6-24(23)38(28)25-18-26(36-30(35-25)37-13-16-40-17-14-37)42-22-9-7-21(8-10-22)29(39)33-12-3-4-20-11-15-41-19-20/h1-2,5-6,18,20-22,27H,3-4,7-17,19H2,(H,33,39). The molecule has 1 N–H and O–H groups in total. The molecule has 4 heterocycles. The summed E-state index contributed by atoms with van der Waals surface area (Å²) < 4.78 is 46.9. The topological polar surface area (TPSA) is 104 Å². The molecule has 1 atom stereocenters. The minimum atomic E-state index is -2.79. The number of para-hydroxylation sites is 2. The van der Waals surface area contributed by atoms with Gasteiger partial charge in [-0.2, -0.15) is 9.97 Å². The van der Waals surface area contributed by atoms with Crippen molar-refractivity contribution in [3.05, 3.63) is 36.2 Å². The molecule has 2 saturated heterocycles. The fraction of sp³-hybridized carbons (Fsp3) is 0.600. The number of nitrogens with zero attached hydrogens (tertiary/aromatic N) is 5. The van der Waals surface area contributed by atoms with Crippen LogP contribution in [-0.2, 0) is 14.3 Å². The Kier molecular flexibility index (Phi) is 9.09. The number of nitrogens with one attached hydrogen (secondary N) is 1. The van der Waals surface area contributed by atoms with Gasteiger partial charge in [0.15, 0.2) is 5.82 Å². The number of alkyl halides is 2. The number of hydrogen-bond acceptors (Lipinski definition) is 8. The van der Waals surface area contributed by atoms with E-state index < -0.39 is 6.43 Å². The third-order valence-electron chi connectivity index (χ3n) is 8.43. The van der Waals surface area contributed by atoms with Crippen molar-refractivity contribution in [1.82, 2.24) is 24.8 Å². The lowest BCUT2D eigenvalue weighted by Gasteiger charge is -2.29. The highest BCUT2D eigenvalue weighted by molar-refractivity contribution is 5.79. The lowest BCUT2D eigenvalue weighted by atomic mass is 9.86. The van der Waals surface area contributed by atoms with E-state index in [1.165, 1.54) is 4.57 Å². The molecule has 3 aliphatic rings. The second-order valence-corrected chi connectivity index (χ2v) is 11.3. The van der Waals surface area contributed by atoms with Gasteiger partial charge in [0.05, 0.1) is 24.2 Å². The van der Waals surface area contributed by atoms with Gasteiger partial charge in [0, 0.05) is 44.8 Å². The van der Waals surface area contributed by atoms with Crippen molar-refractivity contribution in [1.29, 1.82) is 0 Å². The van der Waals surface area contributed by atoms with Crippen LogP contribution in [-0.4, -0.2) is 77.6 Å². The summed E-state index contributed by atoms with van der Waals surface area (Å²) in [5.41, 5.74) is 0.999. The van der Waals surface area contributed by atoms with Crippen LogP contribution in [0.2, 0.25) is 0 Å². The summed E-state index contributed by atoms with van der Waals surface area (Å²) >= 11 is 0. The maximum atomic E-state index is 14.1. The number of aromatic nitrogens is 4. The van der Waals surface area contributed by atoms with E-state index in [0.29, 0.717) is 74.5 Å². The summed E-state index contributed by atoms with van der Waals surface area (Å²) in [5.74, 6) is 1.33. The lowest BCUT2D eigenvalue weighted by molar-refractivity contribution is -0.126. The maximum absolute atomic E-state index is 14.1. The number of carbonyl (C=O) groups excluding carboxylic acids is 1. The highest BCUT2D eigenvalue weighted by atomic mass is 19.3. The van der Waals surface area contributed by atoms with E-state index >= 15 is 0 Å². The summed E-state index contributed by atoms with van der Waals surface area (Å²) in [5, 5.41) is 3.11. The first-order chi connectivity index (χ1) is 20.5. The highest BCUT2D eigenvalue weighted by Gasteiger charge is 2.29. The fourth-order valence-corrected chi connectivity index (χ4v) is 6.08. The number of hydrogen-bond donors (Lipinski definition) is 1. The summed E-state index contributed by atoms with van der Waals surface area (Å²) in [4.78, 5) is 28.3. The fourth-order valence-electron chi connectivity index (χ4n) is 6.08. The van der Waals surface area contributed by atoms with Gasteiger partial charge in [-0.3, -0.25) is 9.36 Å². The number of rotatable bonds is 10. The zero-order valence-electron chi connectivity index (χ0n) is 23.7. The van der Waals surface area contributed by atoms with Crippen LogP contribution in [0.15, 0.2) is 30.3 Å². The van der Waals surface area contributed by atoms with Crippen molar-refractivity contribution in [2.24, 2.45) is 11.8 Å². The molecule has 1 aliphatic carbocycles. The molecule has 12 heteroatoms. The molecule has 42 heavy (non-hydrogen) atoms. The van der Waals surface area contributed by atoms with Crippen molar-refractivity contribution in [3.63, 3.8) is 0 Å². The third-order valence-corrected chi connectivity index (χ3v) is 8.43. The average Bonchev–Trinajstić information content (AvgIpc) is 3.68. The molecule has 6 rings (SSSR count). The van der Waals surface area contributed by atoms with Crippen LogP contribution in [0.4, 0.5) is 14.7 Å². The lowest BCUT2D eigenvalue weighted by Crippen LogP contribution is -2.38. The molecule has 1 amide bonds. The Bertz CT molecular complexity index is 1350. The molecular weight excluding hydrogens is 546 g/mol. The predicted molar refractivity (Wildman–Crippen MR) is 152 cm³/mol. The van der Waals surface area contributed by atoms with E-state index in [2.05, 4.69) is 15.3 Å². The van der Waals surface area contributed by atoms with E-state index in [4.69, 9.17) is 19.2 Å². The largest absolute Gasteiger partial charge is 0.474 e. The zero-order chi connectivity index (χ0) is 28.9. The van der Waals surface area contributed by atoms with Crippen molar-refractivity contribution in [3.8, 4) is 11.7 Å². The molecule has 1 aromatic carbocycles. The van der Waals surface area contributed by atoms with Gasteiger partial charge >= 0.3 is 0 Å². The van der Waals surface area contributed by atoms with E-state index in [0.717, 1.165) is 45.3 Å². The molecule has 226 valence electrons. The summed E-state index contributed by atoms with van der Waals surface area (Å²) in [6.45, 7) is 4.62. The molecule has 1 unspecified atom stereocenters. The monoisotopic (exact) mass is 584 g/mol. The number of halogens is 2. The first kappa shape index (κ1) is 28.7. The first-order valence-electron chi connectivity index (χ1n) is 15.0. The van der Waals surface area contributed by atoms with Gasteiger partial charge in [-0.25, -0.2) is 13.8 Å². The van der Waals surface area contributed by atoms with Gasteiger partial charge in [-0.15, -0.1) is 0 Å². The molecule has 10 nitrogen and oxygen atoms in total. The maximum Gasteiger partial charge on any atom is 0.296 e. The van der Waals surface area contributed by atoms with Gasteiger partial charge in [0.2, 0.25) is 17.7 Å². The van der Waals surface area contributed by atoms with E-state index in [1.54, 1.807) is 30.3 Å². The smallest absolute Gasteiger partial charge is 0.296 e. The highest BCUT2D eigenvalue weighted by Crippen LogP contribution is 2.32. The first-order valence-corrected chi connectivity index (χ1v) is 15.0. The molecular formula is C30H38F2N6O4. The van der Waals surface area contributed by atoms with E-state index in [1.807, 2.05) is 4.90 Å². The Hall–Kier alpha value is -3.38. The van der Waals surface area contributed by atoms with E-state index in [-0.39, 0.29) is 29.6 Å². The van der Waals surface area contributed by atoms with Crippen LogP contribution in [0, 0.1) is 11.8 Å². The van der Waals surface area contributed by atoms with E-state index in [9.17, 15) is 13.6 Å². The molecule has 0 radical (unpaired) electrons. The Morgan fingerprint density at radius 2 is 1.83 bits per heavy atom. The SMILES string of the molecule is O=C(NCCCC1CCOC1)C1CCC(Oc2cc(-n3c(C(F)F)nc4ccccc43)nc(N3CCOCC3)n2)CC1. The van der Waals surface area contributed by atoms with Gasteiger partial charge in [0.1, 0.15) is 11.9 Å². The van der Waals surface area contributed by atoms with Crippen molar-refractivity contribution in [2.45, 2.75) is 57.5 Å². The van der Waals surface area contributed by atoms with Crippen LogP contribution >= 0.6 is 0 Å². The number of fused-ring (bicyclic) bond motifs is 1. The number of carbonyl (C=O) groups is 1. The second-order valence-electron chi connectivity index (χ2n) is 11.3. The van der Waals surface area contributed by atoms with Crippen LogP contribution in [0.25, 0.3) is 16.9 Å². The molecule has 2 aromatic heterocycles. The third kappa shape index (κ3) is 6.64. The Morgan fingerprint density at radius 1 is 1.02 bits per heavy atom. The minimum absolute atomic E-state index is 0.0320. The zero-order valence-corrected chi connectivity index (χ0v) is 23.7. The average molecular weight is 585 g/mol. The molecule has 1 saturated carbocycles. The summed E-state index contributed by atoms with van der Waals surface area (Å²) in [6, 6.07) is 8.62. The van der Waals surface area contributed by atoms with Gasteiger partial charge in [-0.1, -0.05) is 12.1 Å². The van der Waals surface area contributed by atoms with Crippen LogP contribution in [0.3, 0.4) is 0 Å². The Balaban J connectivity index is 1.14. The Labute approximate surface area is 243 Å². The molecule has 2 aliphatic heterocycles. The number of benzene rings is 1. The number of amides is 1. The minimum Gasteiger partial charge on any atom is -0.474 e. The molecule has 0 bridgehead atoms. The van der Waals surface area contributed by atoms with Gasteiger partial charge in [-0.05, 0) is 63.0 Å². The molecule has 0 spiro atoms. The molecule has 3 fully saturated rings. The number of morpholine rings is 1. The van der Waals surface area contributed by atoms with Crippen LogP contribution in [0.5, 0.6) is 5.88 Å². The number of anilines is 1. The second kappa shape index (κ2) is 13.3. The molecule has 3 aromatic rings. The van der Waals surface area contributed by atoms with Crippen LogP contribution < -0.4 is 15.0 Å². The normalized spacial score (nSPS) is 23.0. The summed E-state index contributed by atoms with van der Waals surface area (Å²) in [6.07, 6.45) is 3.12. The predicted octanol–water partition coefficient (Wildman–Crippen LogP) is 4.46. The van der Waals surface area contributed by atoms with Crippen LogP contribution in [0.1, 0.15) is 57.2 Å². The number of imidazole rings is 1.